The van der Waals surface area contributed by atoms with E-state index in [1.165, 1.54) is 0 Å². The maximum atomic E-state index is 11.1. The van der Waals surface area contributed by atoms with Gasteiger partial charge in [-0.25, -0.2) is 14.8 Å². The number of carboxylic acids is 1. The quantitative estimate of drug-likeness (QED) is 0.334. The number of aryl methyl sites for hydroxylation is 1. The first-order chi connectivity index (χ1) is 15.5. The molecule has 4 rings (SSSR count). The van der Waals surface area contributed by atoms with E-state index in [9.17, 15) is 4.79 Å². The highest BCUT2D eigenvalue weighted by Gasteiger charge is 2.14. The molecule has 2 heterocycles. The summed E-state index contributed by atoms with van der Waals surface area (Å²) in [5.41, 5.74) is 5.26. The van der Waals surface area contributed by atoms with Crippen molar-refractivity contribution in [3.8, 4) is 10.7 Å². The fourth-order valence-electron chi connectivity index (χ4n) is 3.38. The highest BCUT2D eigenvalue weighted by atomic mass is 32.1. The zero-order chi connectivity index (χ0) is 22.5. The van der Waals surface area contributed by atoms with Gasteiger partial charge in [0.15, 0.2) is 5.82 Å². The number of aromatic nitrogens is 2. The van der Waals surface area contributed by atoms with E-state index in [4.69, 9.17) is 15.1 Å². The molecule has 0 saturated heterocycles. The summed E-state index contributed by atoms with van der Waals surface area (Å²) in [6.45, 7) is 4.06. The van der Waals surface area contributed by atoms with Gasteiger partial charge < -0.3 is 10.4 Å². The van der Waals surface area contributed by atoms with Gasteiger partial charge in [0, 0.05) is 16.9 Å². The van der Waals surface area contributed by atoms with Crippen molar-refractivity contribution >= 4 is 41.0 Å². The standard InChI is InChI=1S/C26H23N3O2S/c1-3-22-17(2)27-25(29-24(22)28-21-13-11-20(12-14-21)26(30)31)23-15-19(16-32-23)10-9-18-7-5-4-6-8-18/h4-16H,3H2,1-2H3,(H,30,31)(H,27,28,29). The summed E-state index contributed by atoms with van der Waals surface area (Å²) in [5.74, 6) is 0.474. The van der Waals surface area contributed by atoms with Crippen molar-refractivity contribution in [3.63, 3.8) is 0 Å². The third-order valence-electron chi connectivity index (χ3n) is 5.07. The number of thiophene rings is 1. The van der Waals surface area contributed by atoms with Crippen molar-refractivity contribution in [2.24, 2.45) is 0 Å². The smallest absolute Gasteiger partial charge is 0.335 e. The largest absolute Gasteiger partial charge is 0.478 e. The van der Waals surface area contributed by atoms with Crippen LogP contribution < -0.4 is 5.32 Å². The molecule has 0 radical (unpaired) electrons. The van der Waals surface area contributed by atoms with Gasteiger partial charge in [0.1, 0.15) is 5.82 Å². The van der Waals surface area contributed by atoms with Crippen molar-refractivity contribution in [2.75, 3.05) is 5.32 Å². The average molecular weight is 442 g/mol. The average Bonchev–Trinajstić information content (AvgIpc) is 3.28. The Labute approximate surface area is 191 Å². The number of carboxylic acid groups (broad SMARTS) is 1. The molecule has 4 aromatic rings. The highest BCUT2D eigenvalue weighted by Crippen LogP contribution is 2.30. The Morgan fingerprint density at radius 2 is 1.75 bits per heavy atom. The molecule has 0 fully saturated rings. The first-order valence-electron chi connectivity index (χ1n) is 10.3. The fraction of sp³-hybridized carbons (Fsp3) is 0.115. The number of nitrogens with one attached hydrogen (secondary N) is 1. The van der Waals surface area contributed by atoms with E-state index in [1.807, 2.05) is 25.1 Å². The Morgan fingerprint density at radius 3 is 2.44 bits per heavy atom. The summed E-state index contributed by atoms with van der Waals surface area (Å²) in [5, 5.41) is 14.5. The zero-order valence-electron chi connectivity index (χ0n) is 17.9. The molecule has 0 atom stereocenters. The minimum absolute atomic E-state index is 0.250. The minimum Gasteiger partial charge on any atom is -0.478 e. The number of nitrogens with zero attached hydrogens (tertiary/aromatic N) is 2. The molecular weight excluding hydrogens is 418 g/mol. The van der Waals surface area contributed by atoms with E-state index in [0.29, 0.717) is 5.82 Å². The molecule has 2 aromatic carbocycles. The Balaban J connectivity index is 1.61. The monoisotopic (exact) mass is 441 g/mol. The summed E-state index contributed by atoms with van der Waals surface area (Å²) < 4.78 is 0. The van der Waals surface area contributed by atoms with Crippen molar-refractivity contribution in [3.05, 3.63) is 94.0 Å². The molecule has 0 saturated carbocycles. The van der Waals surface area contributed by atoms with E-state index >= 15 is 0 Å². The predicted molar refractivity (Wildman–Crippen MR) is 132 cm³/mol. The second-order valence-electron chi connectivity index (χ2n) is 7.31. The second kappa shape index (κ2) is 9.58. The van der Waals surface area contributed by atoms with Gasteiger partial charge in [-0.05, 0) is 60.2 Å². The van der Waals surface area contributed by atoms with Crippen molar-refractivity contribution in [1.82, 2.24) is 9.97 Å². The molecule has 0 bridgehead atoms. The maximum absolute atomic E-state index is 11.1. The molecule has 2 aromatic heterocycles. The van der Waals surface area contributed by atoms with Gasteiger partial charge in [-0.1, -0.05) is 49.4 Å². The molecule has 0 spiro atoms. The third kappa shape index (κ3) is 4.92. The van der Waals surface area contributed by atoms with E-state index < -0.39 is 5.97 Å². The number of carbonyl (C=O) groups is 1. The molecule has 0 aliphatic carbocycles. The first-order valence-corrected chi connectivity index (χ1v) is 11.2. The van der Waals surface area contributed by atoms with Crippen LogP contribution in [0.1, 0.15) is 39.7 Å². The van der Waals surface area contributed by atoms with Crippen molar-refractivity contribution in [2.45, 2.75) is 20.3 Å². The zero-order valence-corrected chi connectivity index (χ0v) is 18.7. The molecule has 32 heavy (non-hydrogen) atoms. The summed E-state index contributed by atoms with van der Waals surface area (Å²) in [7, 11) is 0. The molecule has 2 N–H and O–H groups in total. The number of benzene rings is 2. The van der Waals surface area contributed by atoms with Gasteiger partial charge in [-0.3, -0.25) is 0 Å². The number of rotatable bonds is 7. The molecule has 5 nitrogen and oxygen atoms in total. The Morgan fingerprint density at radius 1 is 1.03 bits per heavy atom. The summed E-state index contributed by atoms with van der Waals surface area (Å²) in [4.78, 5) is 21.6. The van der Waals surface area contributed by atoms with Crippen LogP contribution in [0.3, 0.4) is 0 Å². The van der Waals surface area contributed by atoms with E-state index in [-0.39, 0.29) is 5.56 Å². The van der Waals surface area contributed by atoms with Gasteiger partial charge >= 0.3 is 5.97 Å². The van der Waals surface area contributed by atoms with Crippen molar-refractivity contribution < 1.29 is 9.90 Å². The highest BCUT2D eigenvalue weighted by molar-refractivity contribution is 7.13. The lowest BCUT2D eigenvalue weighted by Gasteiger charge is -2.13. The maximum Gasteiger partial charge on any atom is 0.335 e. The lowest BCUT2D eigenvalue weighted by molar-refractivity contribution is 0.0697. The summed E-state index contributed by atoms with van der Waals surface area (Å²) in [6.07, 6.45) is 4.97. The Kier molecular flexibility index (Phi) is 6.42. The first kappa shape index (κ1) is 21.5. The molecule has 0 aliphatic heterocycles. The SMILES string of the molecule is CCc1c(C)nc(-c2cc(C=Cc3ccccc3)cs2)nc1Nc1ccc(C(=O)O)cc1. The van der Waals surface area contributed by atoms with E-state index in [1.54, 1.807) is 35.6 Å². The van der Waals surface area contributed by atoms with Crippen LogP contribution in [-0.2, 0) is 6.42 Å². The van der Waals surface area contributed by atoms with Crippen LogP contribution >= 0.6 is 11.3 Å². The molecule has 160 valence electrons. The van der Waals surface area contributed by atoms with Crippen LogP contribution in [0.25, 0.3) is 22.9 Å². The lowest BCUT2D eigenvalue weighted by atomic mass is 10.1. The Bertz CT molecular complexity index is 1260. The van der Waals surface area contributed by atoms with Crippen molar-refractivity contribution in [1.29, 1.82) is 0 Å². The second-order valence-corrected chi connectivity index (χ2v) is 8.22. The Hall–Kier alpha value is -3.77. The van der Waals surface area contributed by atoms with Crippen LogP contribution in [0.15, 0.2) is 66.0 Å². The number of anilines is 2. The predicted octanol–water partition coefficient (Wildman–Crippen LogP) is 6.69. The number of hydrogen-bond acceptors (Lipinski definition) is 5. The molecule has 0 amide bonds. The fourth-order valence-corrected chi connectivity index (χ4v) is 4.19. The minimum atomic E-state index is -0.944. The summed E-state index contributed by atoms with van der Waals surface area (Å²) >= 11 is 1.61. The van der Waals surface area contributed by atoms with Crippen LogP contribution in [0, 0.1) is 6.92 Å². The topological polar surface area (TPSA) is 75.1 Å². The van der Waals surface area contributed by atoms with E-state index in [0.717, 1.165) is 45.2 Å². The van der Waals surface area contributed by atoms with Crippen LogP contribution in [0.5, 0.6) is 0 Å². The number of hydrogen-bond donors (Lipinski definition) is 2. The van der Waals surface area contributed by atoms with E-state index in [2.05, 4.69) is 48.0 Å². The van der Waals surface area contributed by atoms with Gasteiger partial charge in [0.2, 0.25) is 0 Å². The van der Waals surface area contributed by atoms with Gasteiger partial charge in [0.05, 0.1) is 10.4 Å². The van der Waals surface area contributed by atoms with Crippen LogP contribution in [0.4, 0.5) is 11.5 Å². The van der Waals surface area contributed by atoms with Crippen LogP contribution in [0.2, 0.25) is 0 Å². The molecule has 6 heteroatoms. The lowest BCUT2D eigenvalue weighted by Crippen LogP contribution is -2.05. The van der Waals surface area contributed by atoms with Gasteiger partial charge in [-0.15, -0.1) is 11.3 Å². The summed E-state index contributed by atoms with van der Waals surface area (Å²) in [6, 6.07) is 18.9. The molecular formula is C26H23N3O2S. The number of aromatic carboxylic acids is 1. The van der Waals surface area contributed by atoms with Gasteiger partial charge in [-0.2, -0.15) is 0 Å². The third-order valence-corrected chi connectivity index (χ3v) is 6.01. The normalized spacial score (nSPS) is 11.1. The van der Waals surface area contributed by atoms with Gasteiger partial charge in [0.25, 0.3) is 0 Å². The van der Waals surface area contributed by atoms with Crippen LogP contribution in [-0.4, -0.2) is 21.0 Å². The molecule has 0 unspecified atom stereocenters. The molecule has 0 aliphatic rings.